The highest BCUT2D eigenvalue weighted by Gasteiger charge is 2.28. The molecule has 0 radical (unpaired) electrons. The number of ketones is 1. The van der Waals surface area contributed by atoms with Crippen molar-refractivity contribution in [1.29, 1.82) is 5.26 Å². The lowest BCUT2D eigenvalue weighted by molar-refractivity contribution is 0.0849. The Bertz CT molecular complexity index is 1050. The fraction of sp³-hybridized carbons (Fsp3) is 0.130. The fourth-order valence-electron chi connectivity index (χ4n) is 3.10. The molecule has 0 aromatic heterocycles. The third-order valence-electron chi connectivity index (χ3n) is 4.62. The zero-order valence-electron chi connectivity index (χ0n) is 14.9. The number of carbonyl (C=O) groups excluding carboxylic acids is 1. The lowest BCUT2D eigenvalue weighted by atomic mass is 9.96. The predicted molar refractivity (Wildman–Crippen MR) is 106 cm³/mol. The van der Waals surface area contributed by atoms with E-state index < -0.39 is 0 Å². The number of hydrogen-bond acceptors (Lipinski definition) is 4. The first-order valence-electron chi connectivity index (χ1n) is 8.83. The molecule has 1 atom stereocenters. The minimum Gasteiger partial charge on any atom is -0.489 e. The summed E-state index contributed by atoms with van der Waals surface area (Å²) in [5, 5.41) is 9.50. The minimum absolute atomic E-state index is 0.0415. The van der Waals surface area contributed by atoms with Crippen LogP contribution in [0.15, 0.2) is 66.7 Å². The monoisotopic (exact) mass is 389 g/mol. The van der Waals surface area contributed by atoms with Crippen LogP contribution in [0.5, 0.6) is 11.5 Å². The molecule has 0 fully saturated rings. The summed E-state index contributed by atoms with van der Waals surface area (Å²) in [4.78, 5) is 12.5. The zero-order valence-corrected chi connectivity index (χ0v) is 15.6. The summed E-state index contributed by atoms with van der Waals surface area (Å²) in [6.07, 6.45) is -0.0499. The molecular formula is C23H16ClNO3. The van der Waals surface area contributed by atoms with Crippen molar-refractivity contribution in [2.24, 2.45) is 0 Å². The van der Waals surface area contributed by atoms with Crippen LogP contribution in [0, 0.1) is 11.3 Å². The molecule has 138 valence electrons. The molecule has 5 heteroatoms. The second-order valence-corrected chi connectivity index (χ2v) is 6.98. The maximum absolute atomic E-state index is 12.5. The number of nitriles is 1. The molecule has 0 aliphatic carbocycles. The van der Waals surface area contributed by atoms with Crippen LogP contribution in [0.1, 0.15) is 39.6 Å². The highest BCUT2D eigenvalue weighted by atomic mass is 35.5. The molecule has 4 rings (SSSR count). The largest absolute Gasteiger partial charge is 0.489 e. The van der Waals surface area contributed by atoms with Crippen molar-refractivity contribution in [2.75, 3.05) is 0 Å². The SMILES string of the molecule is N#Cc1ccc(COc2ccc3c(c2)OC(c2ccc(Cl)cc2)CC3=O)cc1. The fourth-order valence-corrected chi connectivity index (χ4v) is 3.23. The third kappa shape index (κ3) is 3.85. The second kappa shape index (κ2) is 7.75. The number of benzene rings is 3. The van der Waals surface area contributed by atoms with E-state index >= 15 is 0 Å². The molecule has 28 heavy (non-hydrogen) atoms. The minimum atomic E-state index is -0.342. The maximum Gasteiger partial charge on any atom is 0.170 e. The molecule has 1 aliphatic rings. The topological polar surface area (TPSA) is 59.3 Å². The molecule has 4 nitrogen and oxygen atoms in total. The van der Waals surface area contributed by atoms with E-state index in [0.717, 1.165) is 11.1 Å². The summed E-state index contributed by atoms with van der Waals surface area (Å²) in [6.45, 7) is 0.360. The number of halogens is 1. The van der Waals surface area contributed by atoms with Gasteiger partial charge >= 0.3 is 0 Å². The van der Waals surface area contributed by atoms with Crippen LogP contribution >= 0.6 is 11.6 Å². The molecule has 0 N–H and O–H groups in total. The number of ether oxygens (including phenoxy) is 2. The quantitative estimate of drug-likeness (QED) is 0.591. The number of nitrogens with zero attached hydrogens (tertiary/aromatic N) is 1. The number of hydrogen-bond donors (Lipinski definition) is 0. The normalized spacial score (nSPS) is 15.3. The van der Waals surface area contributed by atoms with Crippen LogP contribution in [0.2, 0.25) is 5.02 Å². The first-order chi connectivity index (χ1) is 13.6. The van der Waals surface area contributed by atoms with Crippen LogP contribution < -0.4 is 9.47 Å². The van der Waals surface area contributed by atoms with E-state index in [4.69, 9.17) is 26.3 Å². The predicted octanol–water partition coefficient (Wildman–Crippen LogP) is 5.50. The van der Waals surface area contributed by atoms with Gasteiger partial charge in [0.1, 0.15) is 24.2 Å². The second-order valence-electron chi connectivity index (χ2n) is 6.54. The summed E-state index contributed by atoms with van der Waals surface area (Å²) in [7, 11) is 0. The number of carbonyl (C=O) groups is 1. The Morgan fingerprint density at radius 3 is 2.54 bits per heavy atom. The van der Waals surface area contributed by atoms with Gasteiger partial charge in [0.05, 0.1) is 23.6 Å². The Morgan fingerprint density at radius 1 is 1.07 bits per heavy atom. The molecule has 0 saturated heterocycles. The van der Waals surface area contributed by atoms with Gasteiger partial charge in [-0.25, -0.2) is 0 Å². The van der Waals surface area contributed by atoms with Crippen molar-refractivity contribution in [3.63, 3.8) is 0 Å². The number of rotatable bonds is 4. The molecule has 0 spiro atoms. The van der Waals surface area contributed by atoms with Crippen molar-refractivity contribution in [1.82, 2.24) is 0 Å². The standard InChI is InChI=1S/C23H16ClNO3/c24-18-7-5-17(6-8-18)22-12-21(26)20-10-9-19(11-23(20)28-22)27-14-16-3-1-15(13-25)2-4-16/h1-11,22H,12,14H2. The van der Waals surface area contributed by atoms with Gasteiger partial charge in [-0.1, -0.05) is 35.9 Å². The van der Waals surface area contributed by atoms with Crippen molar-refractivity contribution >= 4 is 17.4 Å². The molecule has 3 aromatic carbocycles. The van der Waals surface area contributed by atoms with Crippen molar-refractivity contribution in [3.05, 3.63) is 94.0 Å². The van der Waals surface area contributed by atoms with Gasteiger partial charge in [0, 0.05) is 11.1 Å². The average molecular weight is 390 g/mol. The summed E-state index contributed by atoms with van der Waals surface area (Å²) in [5.41, 5.74) is 3.04. The average Bonchev–Trinajstić information content (AvgIpc) is 2.73. The van der Waals surface area contributed by atoms with Crippen molar-refractivity contribution in [3.8, 4) is 17.6 Å². The van der Waals surface area contributed by atoms with Crippen LogP contribution in [0.3, 0.4) is 0 Å². The summed E-state index contributed by atoms with van der Waals surface area (Å²) >= 11 is 5.94. The summed E-state index contributed by atoms with van der Waals surface area (Å²) in [6, 6.07) is 21.9. The molecule has 1 aliphatic heterocycles. The van der Waals surface area contributed by atoms with E-state index in [9.17, 15) is 4.79 Å². The van der Waals surface area contributed by atoms with Gasteiger partial charge in [-0.15, -0.1) is 0 Å². The van der Waals surface area contributed by atoms with Gasteiger partial charge in [0.15, 0.2) is 5.78 Å². The van der Waals surface area contributed by atoms with Gasteiger partial charge in [-0.2, -0.15) is 5.26 Å². The molecule has 1 unspecified atom stereocenters. The Hall–Kier alpha value is -3.29. The van der Waals surface area contributed by atoms with Crippen LogP contribution in [0.4, 0.5) is 0 Å². The molecule has 0 amide bonds. The highest BCUT2D eigenvalue weighted by Crippen LogP contribution is 2.37. The Labute approximate surface area is 167 Å². The highest BCUT2D eigenvalue weighted by molar-refractivity contribution is 6.30. The molecular weight excluding hydrogens is 374 g/mol. The van der Waals surface area contributed by atoms with Crippen LogP contribution in [-0.4, -0.2) is 5.78 Å². The number of Topliss-reactive ketones (excluding diaryl/α,β-unsaturated/α-hetero) is 1. The molecule has 0 saturated carbocycles. The molecule has 3 aromatic rings. The van der Waals surface area contributed by atoms with Gasteiger partial charge < -0.3 is 9.47 Å². The summed E-state index contributed by atoms with van der Waals surface area (Å²) < 4.78 is 11.9. The Kier molecular flexibility index (Phi) is 5.01. The Balaban J connectivity index is 1.50. The number of fused-ring (bicyclic) bond motifs is 1. The van der Waals surface area contributed by atoms with Crippen LogP contribution in [0.25, 0.3) is 0 Å². The van der Waals surface area contributed by atoms with E-state index in [1.54, 1.807) is 42.5 Å². The molecule has 1 heterocycles. The first-order valence-corrected chi connectivity index (χ1v) is 9.21. The van der Waals surface area contributed by atoms with Crippen molar-refractivity contribution in [2.45, 2.75) is 19.1 Å². The lowest BCUT2D eigenvalue weighted by Gasteiger charge is -2.26. The summed E-state index contributed by atoms with van der Waals surface area (Å²) in [5.74, 6) is 1.18. The van der Waals surface area contributed by atoms with Gasteiger partial charge in [-0.3, -0.25) is 4.79 Å². The van der Waals surface area contributed by atoms with E-state index in [2.05, 4.69) is 6.07 Å². The van der Waals surface area contributed by atoms with Gasteiger partial charge in [0.25, 0.3) is 0 Å². The van der Waals surface area contributed by atoms with E-state index in [1.807, 2.05) is 24.3 Å². The van der Waals surface area contributed by atoms with Gasteiger partial charge in [0.2, 0.25) is 0 Å². The van der Waals surface area contributed by atoms with Crippen LogP contribution in [-0.2, 0) is 6.61 Å². The van der Waals surface area contributed by atoms with Gasteiger partial charge in [-0.05, 0) is 47.5 Å². The maximum atomic E-state index is 12.5. The molecule has 0 bridgehead atoms. The smallest absolute Gasteiger partial charge is 0.170 e. The van der Waals surface area contributed by atoms with Crippen molar-refractivity contribution < 1.29 is 14.3 Å². The Morgan fingerprint density at radius 2 is 1.82 bits per heavy atom. The van der Waals surface area contributed by atoms with E-state index in [0.29, 0.717) is 40.7 Å². The third-order valence-corrected chi connectivity index (χ3v) is 4.88. The first kappa shape index (κ1) is 18.1. The van der Waals surface area contributed by atoms with E-state index in [-0.39, 0.29) is 11.9 Å². The lowest BCUT2D eigenvalue weighted by Crippen LogP contribution is -2.20. The zero-order chi connectivity index (χ0) is 19.5. The van der Waals surface area contributed by atoms with E-state index in [1.165, 1.54) is 0 Å².